The fourth-order valence-corrected chi connectivity index (χ4v) is 5.20. The van der Waals surface area contributed by atoms with Crippen LogP contribution in [0.1, 0.15) is 35.2 Å². The number of nitrogens with zero attached hydrogens (tertiary/aromatic N) is 2. The van der Waals surface area contributed by atoms with Crippen LogP contribution in [0.5, 0.6) is 0 Å². The monoisotopic (exact) mass is 498 g/mol. The van der Waals surface area contributed by atoms with Crippen LogP contribution >= 0.6 is 11.3 Å². The number of benzene rings is 3. The van der Waals surface area contributed by atoms with Crippen LogP contribution in [-0.4, -0.2) is 10.5 Å². The van der Waals surface area contributed by atoms with Gasteiger partial charge in [-0.3, -0.25) is 9.36 Å². The Hall–Kier alpha value is -4.10. The van der Waals surface area contributed by atoms with Crippen LogP contribution in [0, 0.1) is 12.7 Å². The number of allylic oxidation sites excluding steroid dienone is 1. The highest BCUT2D eigenvalue weighted by atomic mass is 32.1. The summed E-state index contributed by atoms with van der Waals surface area (Å²) in [6.45, 7) is 3.82. The van der Waals surface area contributed by atoms with Crippen molar-refractivity contribution >= 4 is 23.4 Å². The number of ether oxygens (including phenoxy) is 1. The molecule has 4 aromatic rings. The van der Waals surface area contributed by atoms with Crippen molar-refractivity contribution in [2.75, 3.05) is 0 Å². The molecule has 1 aliphatic rings. The molecule has 7 heteroatoms. The topological polar surface area (TPSA) is 60.7 Å². The highest BCUT2D eigenvalue weighted by Crippen LogP contribution is 2.31. The van der Waals surface area contributed by atoms with Crippen molar-refractivity contribution in [1.29, 1.82) is 0 Å². The normalized spacial score (nSPS) is 15.4. The van der Waals surface area contributed by atoms with Crippen LogP contribution in [0.2, 0.25) is 0 Å². The molecule has 0 fully saturated rings. The first-order valence-corrected chi connectivity index (χ1v) is 12.3. The zero-order valence-corrected chi connectivity index (χ0v) is 20.6. The van der Waals surface area contributed by atoms with Gasteiger partial charge in [-0.1, -0.05) is 83.6 Å². The molecule has 0 N–H and O–H groups in total. The quantitative estimate of drug-likeness (QED) is 0.383. The molecule has 0 spiro atoms. The molecule has 0 radical (unpaired) electrons. The number of aryl methyl sites for hydroxylation is 1. The largest absolute Gasteiger partial charge is 0.457 e. The molecule has 0 saturated heterocycles. The number of fused-ring (bicyclic) bond motifs is 1. The van der Waals surface area contributed by atoms with E-state index in [1.807, 2.05) is 67.6 Å². The number of rotatable bonds is 5. The van der Waals surface area contributed by atoms with E-state index >= 15 is 0 Å². The van der Waals surface area contributed by atoms with E-state index in [2.05, 4.69) is 4.99 Å². The predicted octanol–water partition coefficient (Wildman–Crippen LogP) is 4.43. The molecule has 0 unspecified atom stereocenters. The van der Waals surface area contributed by atoms with E-state index in [-0.39, 0.29) is 17.7 Å². The van der Waals surface area contributed by atoms with Crippen LogP contribution in [-0.2, 0) is 16.1 Å². The lowest BCUT2D eigenvalue weighted by Crippen LogP contribution is -2.39. The van der Waals surface area contributed by atoms with Crippen molar-refractivity contribution in [3.8, 4) is 0 Å². The first-order chi connectivity index (χ1) is 17.4. The van der Waals surface area contributed by atoms with Gasteiger partial charge in [0.2, 0.25) is 0 Å². The van der Waals surface area contributed by atoms with Crippen LogP contribution in [0.25, 0.3) is 6.08 Å². The van der Waals surface area contributed by atoms with Crippen LogP contribution < -0.4 is 14.9 Å². The van der Waals surface area contributed by atoms with Gasteiger partial charge < -0.3 is 4.74 Å². The molecule has 1 aromatic heterocycles. The van der Waals surface area contributed by atoms with Gasteiger partial charge in [0.15, 0.2) is 4.80 Å². The Balaban J connectivity index is 1.61. The van der Waals surface area contributed by atoms with E-state index in [4.69, 9.17) is 4.74 Å². The molecular weight excluding hydrogens is 475 g/mol. The number of carbonyl (C=O) groups is 1. The Kier molecular flexibility index (Phi) is 6.48. The van der Waals surface area contributed by atoms with Gasteiger partial charge in [0.1, 0.15) is 12.4 Å². The maximum atomic E-state index is 13.8. The van der Waals surface area contributed by atoms with Gasteiger partial charge in [-0.05, 0) is 48.7 Å². The van der Waals surface area contributed by atoms with E-state index in [0.29, 0.717) is 20.6 Å². The Morgan fingerprint density at radius 1 is 1.03 bits per heavy atom. The number of thiazole rings is 1. The van der Waals surface area contributed by atoms with Crippen LogP contribution in [0.3, 0.4) is 0 Å². The van der Waals surface area contributed by atoms with Gasteiger partial charge in [0.25, 0.3) is 5.56 Å². The molecule has 3 aromatic carbocycles. The summed E-state index contributed by atoms with van der Waals surface area (Å²) in [4.78, 5) is 32.0. The van der Waals surface area contributed by atoms with Crippen molar-refractivity contribution in [1.82, 2.24) is 4.57 Å². The summed E-state index contributed by atoms with van der Waals surface area (Å²) in [6, 6.07) is 22.2. The fourth-order valence-electron chi connectivity index (χ4n) is 4.16. The summed E-state index contributed by atoms with van der Waals surface area (Å²) in [5.74, 6) is -0.971. The second-order valence-corrected chi connectivity index (χ2v) is 9.61. The summed E-state index contributed by atoms with van der Waals surface area (Å²) in [5, 5.41) is 0. The van der Waals surface area contributed by atoms with E-state index in [1.165, 1.54) is 28.0 Å². The summed E-state index contributed by atoms with van der Waals surface area (Å²) in [6.07, 6.45) is 1.82. The van der Waals surface area contributed by atoms with Gasteiger partial charge in [-0.2, -0.15) is 0 Å². The SMILES string of the molecule is CC1=C(C(=O)OCc2ccccc2)[C@@H](c2ccc(F)cc2)n2c(s/c(=C\c3ccc(C)cc3)c2=O)=N1. The van der Waals surface area contributed by atoms with Crippen molar-refractivity contribution in [3.63, 3.8) is 0 Å². The molecule has 0 amide bonds. The number of carbonyl (C=O) groups excluding carboxylic acids is 1. The summed E-state index contributed by atoms with van der Waals surface area (Å²) < 4.78 is 21.4. The number of hydrogen-bond donors (Lipinski definition) is 0. The van der Waals surface area contributed by atoms with Crippen molar-refractivity contribution in [2.24, 2.45) is 4.99 Å². The molecule has 0 aliphatic carbocycles. The maximum Gasteiger partial charge on any atom is 0.338 e. The van der Waals surface area contributed by atoms with Gasteiger partial charge in [-0.25, -0.2) is 14.2 Å². The standard InChI is InChI=1S/C29H23FN2O3S/c1-18-8-10-20(11-9-18)16-24-27(33)32-26(22-12-14-23(30)15-13-22)25(19(2)31-29(32)36-24)28(34)35-17-21-6-4-3-5-7-21/h3-16,26H,17H2,1-2H3/b24-16-/t26-/m1/s1. The highest BCUT2D eigenvalue weighted by molar-refractivity contribution is 7.07. The predicted molar refractivity (Wildman–Crippen MR) is 138 cm³/mol. The lowest BCUT2D eigenvalue weighted by Gasteiger charge is -2.24. The second kappa shape index (κ2) is 9.87. The highest BCUT2D eigenvalue weighted by Gasteiger charge is 2.33. The zero-order valence-electron chi connectivity index (χ0n) is 19.8. The van der Waals surface area contributed by atoms with Crippen LogP contribution in [0.4, 0.5) is 4.39 Å². The fraction of sp³-hybridized carbons (Fsp3) is 0.138. The Morgan fingerprint density at radius 3 is 2.42 bits per heavy atom. The first-order valence-electron chi connectivity index (χ1n) is 11.5. The molecule has 36 heavy (non-hydrogen) atoms. The molecule has 0 bridgehead atoms. The number of halogens is 1. The van der Waals surface area contributed by atoms with Crippen molar-refractivity contribution < 1.29 is 13.9 Å². The van der Waals surface area contributed by atoms with E-state index in [1.54, 1.807) is 19.1 Å². The molecule has 5 nitrogen and oxygen atoms in total. The third-order valence-electron chi connectivity index (χ3n) is 6.02. The van der Waals surface area contributed by atoms with Crippen LogP contribution in [0.15, 0.2) is 99.9 Å². The lowest BCUT2D eigenvalue weighted by atomic mass is 9.96. The Labute approximate surface area is 211 Å². The second-order valence-electron chi connectivity index (χ2n) is 8.61. The number of aromatic nitrogens is 1. The molecule has 1 aliphatic heterocycles. The van der Waals surface area contributed by atoms with E-state index < -0.39 is 17.8 Å². The smallest absolute Gasteiger partial charge is 0.338 e. The van der Waals surface area contributed by atoms with Crippen molar-refractivity contribution in [3.05, 3.63) is 138 Å². The molecule has 2 heterocycles. The Bertz CT molecular complexity index is 1630. The first kappa shape index (κ1) is 23.6. The van der Waals surface area contributed by atoms with Crippen molar-refractivity contribution in [2.45, 2.75) is 26.5 Å². The maximum absolute atomic E-state index is 13.8. The van der Waals surface area contributed by atoms with Gasteiger partial charge in [0, 0.05) is 0 Å². The third kappa shape index (κ3) is 4.70. The lowest BCUT2D eigenvalue weighted by molar-refractivity contribution is -0.140. The minimum Gasteiger partial charge on any atom is -0.457 e. The summed E-state index contributed by atoms with van der Waals surface area (Å²) >= 11 is 1.26. The third-order valence-corrected chi connectivity index (χ3v) is 7.00. The number of hydrogen-bond acceptors (Lipinski definition) is 5. The molecule has 1 atom stereocenters. The van der Waals surface area contributed by atoms with E-state index in [0.717, 1.165) is 16.7 Å². The van der Waals surface area contributed by atoms with Gasteiger partial charge >= 0.3 is 5.97 Å². The molecular formula is C29H23FN2O3S. The van der Waals surface area contributed by atoms with E-state index in [9.17, 15) is 14.0 Å². The average molecular weight is 499 g/mol. The molecule has 5 rings (SSSR count). The molecule has 180 valence electrons. The zero-order chi connectivity index (χ0) is 25.2. The minimum absolute atomic E-state index is 0.0877. The van der Waals surface area contributed by atoms with Gasteiger partial charge in [0.05, 0.1) is 21.8 Å². The average Bonchev–Trinajstić information content (AvgIpc) is 3.18. The number of esters is 1. The Morgan fingerprint density at radius 2 is 1.72 bits per heavy atom. The summed E-state index contributed by atoms with van der Waals surface area (Å²) in [7, 11) is 0. The van der Waals surface area contributed by atoms with Gasteiger partial charge in [-0.15, -0.1) is 0 Å². The molecule has 0 saturated carbocycles. The minimum atomic E-state index is -0.787. The summed E-state index contributed by atoms with van der Waals surface area (Å²) in [5.41, 5.74) is 3.91.